The highest BCUT2D eigenvalue weighted by Crippen LogP contribution is 2.30. The average molecular weight is 212 g/mol. The molecule has 2 nitrogen and oxygen atoms in total. The van der Waals surface area contributed by atoms with Gasteiger partial charge in [0, 0.05) is 12.0 Å². The van der Waals surface area contributed by atoms with E-state index in [0.29, 0.717) is 12.8 Å². The summed E-state index contributed by atoms with van der Waals surface area (Å²) in [4.78, 5) is 10.9. The molecule has 1 aliphatic rings. The van der Waals surface area contributed by atoms with Gasteiger partial charge in [0.2, 0.25) is 0 Å². The Morgan fingerprint density at radius 2 is 1.93 bits per heavy atom. The smallest absolute Gasteiger partial charge is 0.306 e. The predicted octanol–water partition coefficient (Wildman–Crippen LogP) is 3.00. The highest BCUT2D eigenvalue weighted by Gasteiger charge is 2.24. The quantitative estimate of drug-likeness (QED) is 0.704. The summed E-state index contributed by atoms with van der Waals surface area (Å²) in [5, 5.41) is 0. The monoisotopic (exact) mass is 212 g/mol. The minimum absolute atomic E-state index is 0.0110. The highest BCUT2D eigenvalue weighted by molar-refractivity contribution is 5.71. The Kier molecular flexibility index (Phi) is 2.66. The summed E-state index contributed by atoms with van der Waals surface area (Å²) < 4.78 is 29.5. The molecule has 1 saturated heterocycles. The zero-order valence-electron chi connectivity index (χ0n) is 7.95. The Hall–Kier alpha value is -1.45. The maximum Gasteiger partial charge on any atom is 0.306 e. The molecule has 15 heavy (non-hydrogen) atoms. The van der Waals surface area contributed by atoms with E-state index >= 15 is 0 Å². The Balaban J connectivity index is 2.13. The van der Waals surface area contributed by atoms with E-state index in [-0.39, 0.29) is 17.6 Å². The van der Waals surface area contributed by atoms with Crippen LogP contribution in [0.1, 0.15) is 36.5 Å². The number of alkyl halides is 2. The van der Waals surface area contributed by atoms with Gasteiger partial charge in [-0.15, -0.1) is 0 Å². The lowest BCUT2D eigenvalue weighted by Gasteiger charge is -2.09. The Morgan fingerprint density at radius 1 is 1.27 bits per heavy atom. The van der Waals surface area contributed by atoms with Crippen LogP contribution in [0.2, 0.25) is 0 Å². The lowest BCUT2D eigenvalue weighted by molar-refractivity contribution is -0.141. The molecule has 4 heteroatoms. The molecule has 1 heterocycles. The molecular weight excluding hydrogens is 202 g/mol. The van der Waals surface area contributed by atoms with Gasteiger partial charge in [-0.1, -0.05) is 24.3 Å². The first-order valence-corrected chi connectivity index (χ1v) is 4.74. The lowest BCUT2D eigenvalue weighted by atomic mass is 10.1. The van der Waals surface area contributed by atoms with Crippen LogP contribution in [0.5, 0.6) is 0 Å². The third kappa shape index (κ3) is 2.14. The van der Waals surface area contributed by atoms with Gasteiger partial charge in [0.05, 0.1) is 0 Å². The Morgan fingerprint density at radius 3 is 2.40 bits per heavy atom. The van der Waals surface area contributed by atoms with Gasteiger partial charge in [0.1, 0.15) is 6.10 Å². The van der Waals surface area contributed by atoms with Crippen molar-refractivity contribution in [1.29, 1.82) is 0 Å². The largest absolute Gasteiger partial charge is 0.457 e. The van der Waals surface area contributed by atoms with E-state index in [1.165, 1.54) is 12.1 Å². The number of hydrogen-bond acceptors (Lipinski definition) is 2. The molecule has 0 spiro atoms. The van der Waals surface area contributed by atoms with Crippen LogP contribution >= 0.6 is 0 Å². The molecule has 0 aromatic heterocycles. The fraction of sp³-hybridized carbons (Fsp3) is 0.364. The van der Waals surface area contributed by atoms with Crippen LogP contribution < -0.4 is 0 Å². The maximum absolute atomic E-state index is 12.3. The van der Waals surface area contributed by atoms with Crippen molar-refractivity contribution in [2.45, 2.75) is 25.4 Å². The van der Waals surface area contributed by atoms with Gasteiger partial charge in [-0.05, 0) is 12.0 Å². The number of cyclic esters (lactones) is 1. The summed E-state index contributed by atoms with van der Waals surface area (Å²) in [6, 6.07) is 5.91. The van der Waals surface area contributed by atoms with Crippen molar-refractivity contribution in [3.8, 4) is 0 Å². The summed E-state index contributed by atoms with van der Waals surface area (Å²) in [5.74, 6) is -0.224. The van der Waals surface area contributed by atoms with E-state index in [2.05, 4.69) is 0 Å². The van der Waals surface area contributed by atoms with Crippen LogP contribution in [0.15, 0.2) is 24.3 Å². The fourth-order valence-electron chi connectivity index (χ4n) is 1.62. The number of ether oxygens (including phenoxy) is 1. The number of esters is 1. The number of halogens is 2. The second-order valence-corrected chi connectivity index (χ2v) is 3.48. The zero-order valence-corrected chi connectivity index (χ0v) is 7.95. The van der Waals surface area contributed by atoms with Crippen molar-refractivity contribution in [3.05, 3.63) is 35.4 Å². The van der Waals surface area contributed by atoms with E-state index in [4.69, 9.17) is 4.74 Å². The number of hydrogen-bond donors (Lipinski definition) is 0. The zero-order chi connectivity index (χ0) is 10.8. The molecule has 0 radical (unpaired) electrons. The lowest BCUT2D eigenvalue weighted by Crippen LogP contribution is -1.98. The summed E-state index contributed by atoms with van der Waals surface area (Å²) in [5.41, 5.74) is 0.772. The molecule has 2 rings (SSSR count). The molecule has 0 bridgehead atoms. The molecule has 0 N–H and O–H groups in total. The van der Waals surface area contributed by atoms with E-state index in [1.807, 2.05) is 0 Å². The van der Waals surface area contributed by atoms with Gasteiger partial charge in [-0.25, -0.2) is 8.78 Å². The molecule has 0 saturated carbocycles. The molecule has 1 atom stereocenters. The van der Waals surface area contributed by atoms with Crippen LogP contribution in [0.3, 0.4) is 0 Å². The second kappa shape index (κ2) is 3.96. The summed E-state index contributed by atoms with van der Waals surface area (Å²) in [6.07, 6.45) is -1.68. The van der Waals surface area contributed by atoms with E-state index in [9.17, 15) is 13.6 Å². The molecule has 0 aliphatic carbocycles. The minimum atomic E-state index is -2.45. The topological polar surface area (TPSA) is 26.3 Å². The fourth-order valence-corrected chi connectivity index (χ4v) is 1.62. The normalized spacial score (nSPS) is 20.7. The summed E-state index contributed by atoms with van der Waals surface area (Å²) in [7, 11) is 0. The number of rotatable bonds is 2. The molecule has 1 fully saturated rings. The van der Waals surface area contributed by atoms with E-state index < -0.39 is 6.43 Å². The predicted molar refractivity (Wildman–Crippen MR) is 49.5 cm³/mol. The van der Waals surface area contributed by atoms with Crippen molar-refractivity contribution < 1.29 is 18.3 Å². The van der Waals surface area contributed by atoms with Crippen molar-refractivity contribution in [3.63, 3.8) is 0 Å². The van der Waals surface area contributed by atoms with Crippen LogP contribution in [-0.4, -0.2) is 5.97 Å². The van der Waals surface area contributed by atoms with Gasteiger partial charge in [-0.3, -0.25) is 4.79 Å². The number of benzene rings is 1. The van der Waals surface area contributed by atoms with Crippen molar-refractivity contribution in [2.24, 2.45) is 0 Å². The van der Waals surface area contributed by atoms with Crippen LogP contribution in [-0.2, 0) is 9.53 Å². The van der Waals surface area contributed by atoms with Gasteiger partial charge < -0.3 is 4.74 Å². The first-order valence-electron chi connectivity index (χ1n) is 4.74. The van der Waals surface area contributed by atoms with Gasteiger partial charge in [0.15, 0.2) is 0 Å². The van der Waals surface area contributed by atoms with Crippen molar-refractivity contribution in [2.75, 3.05) is 0 Å². The SMILES string of the molecule is O=C1CCC(c2ccc(C(F)F)cc2)O1. The van der Waals surface area contributed by atoms with E-state index in [0.717, 1.165) is 5.56 Å². The van der Waals surface area contributed by atoms with Crippen LogP contribution in [0.25, 0.3) is 0 Å². The molecule has 1 unspecified atom stereocenters. The molecular formula is C11H10F2O2. The molecule has 80 valence electrons. The third-order valence-electron chi connectivity index (χ3n) is 2.44. The molecule has 1 aromatic carbocycles. The Labute approximate surface area is 85.9 Å². The van der Waals surface area contributed by atoms with Crippen LogP contribution in [0, 0.1) is 0 Å². The molecule has 1 aromatic rings. The number of carbonyl (C=O) groups is 1. The summed E-state index contributed by atoms with van der Waals surface area (Å²) in [6.45, 7) is 0. The first kappa shape index (κ1) is 10.1. The maximum atomic E-state index is 12.3. The van der Waals surface area contributed by atoms with Gasteiger partial charge in [-0.2, -0.15) is 0 Å². The van der Waals surface area contributed by atoms with E-state index in [1.54, 1.807) is 12.1 Å². The minimum Gasteiger partial charge on any atom is -0.457 e. The highest BCUT2D eigenvalue weighted by atomic mass is 19.3. The standard InChI is InChI=1S/C11H10F2O2/c12-11(13)8-3-1-7(2-4-8)9-5-6-10(14)15-9/h1-4,9,11H,5-6H2. The average Bonchev–Trinajstić information content (AvgIpc) is 2.65. The van der Waals surface area contributed by atoms with Crippen LogP contribution in [0.4, 0.5) is 8.78 Å². The van der Waals surface area contributed by atoms with Gasteiger partial charge in [0.25, 0.3) is 6.43 Å². The van der Waals surface area contributed by atoms with Crippen molar-refractivity contribution in [1.82, 2.24) is 0 Å². The number of carbonyl (C=O) groups excluding carboxylic acids is 1. The van der Waals surface area contributed by atoms with Gasteiger partial charge >= 0.3 is 5.97 Å². The molecule has 1 aliphatic heterocycles. The summed E-state index contributed by atoms with van der Waals surface area (Å²) >= 11 is 0. The Bertz CT molecular complexity index is 359. The third-order valence-corrected chi connectivity index (χ3v) is 2.44. The second-order valence-electron chi connectivity index (χ2n) is 3.48. The molecule has 0 amide bonds. The van der Waals surface area contributed by atoms with Crippen molar-refractivity contribution >= 4 is 5.97 Å². The first-order chi connectivity index (χ1) is 7.16.